The molecule has 0 fully saturated rings. The fourth-order valence-electron chi connectivity index (χ4n) is 1.80. The van der Waals surface area contributed by atoms with Gasteiger partial charge in [0.15, 0.2) is 5.96 Å². The highest BCUT2D eigenvalue weighted by Crippen LogP contribution is 2.07. The van der Waals surface area contributed by atoms with E-state index in [1.165, 1.54) is 17.7 Å². The number of hydrogen-bond donors (Lipinski definition) is 2. The van der Waals surface area contributed by atoms with Crippen molar-refractivity contribution in [1.29, 1.82) is 0 Å². The van der Waals surface area contributed by atoms with Crippen molar-refractivity contribution in [2.75, 3.05) is 33.7 Å². The molecule has 1 heterocycles. The summed E-state index contributed by atoms with van der Waals surface area (Å²) >= 11 is 1.76. The zero-order chi connectivity index (χ0) is 16.2. The molecule has 2 N–H and O–H groups in total. The number of carbonyl (C=O) groups is 1. The van der Waals surface area contributed by atoms with Crippen LogP contribution in [0.1, 0.15) is 31.1 Å². The van der Waals surface area contributed by atoms with Crippen molar-refractivity contribution in [3.05, 3.63) is 22.4 Å². The van der Waals surface area contributed by atoms with Gasteiger partial charge in [-0.1, -0.05) is 25.8 Å². The van der Waals surface area contributed by atoms with Gasteiger partial charge in [-0.25, -0.2) is 4.99 Å². The fourth-order valence-corrected chi connectivity index (χ4v) is 2.51. The van der Waals surface area contributed by atoms with Gasteiger partial charge in [-0.15, -0.1) is 35.3 Å². The van der Waals surface area contributed by atoms with E-state index in [0.29, 0.717) is 0 Å². The maximum atomic E-state index is 11.6. The summed E-state index contributed by atoms with van der Waals surface area (Å²) < 4.78 is 0. The average Bonchev–Trinajstić information content (AvgIpc) is 3.01. The number of aliphatic imine (C=N–C) groups is 1. The second kappa shape index (κ2) is 13.6. The van der Waals surface area contributed by atoms with Gasteiger partial charge in [0.05, 0.1) is 0 Å². The van der Waals surface area contributed by atoms with Gasteiger partial charge in [-0.3, -0.25) is 4.79 Å². The molecule has 0 aliphatic carbocycles. The quantitative estimate of drug-likeness (QED) is 0.262. The van der Waals surface area contributed by atoms with E-state index < -0.39 is 0 Å². The van der Waals surface area contributed by atoms with Crippen LogP contribution in [-0.2, 0) is 11.2 Å². The average molecular weight is 452 g/mol. The molecule has 0 saturated heterocycles. The second-order valence-electron chi connectivity index (χ2n) is 5.34. The van der Waals surface area contributed by atoms with Crippen molar-refractivity contribution in [3.63, 3.8) is 0 Å². The topological polar surface area (TPSA) is 56.7 Å². The summed E-state index contributed by atoms with van der Waals surface area (Å²) in [5, 5.41) is 8.69. The van der Waals surface area contributed by atoms with Crippen molar-refractivity contribution in [1.82, 2.24) is 15.5 Å². The maximum absolute atomic E-state index is 11.6. The Morgan fingerprint density at radius 1 is 1.26 bits per heavy atom. The highest BCUT2D eigenvalue weighted by atomic mass is 127. The second-order valence-corrected chi connectivity index (χ2v) is 6.38. The lowest BCUT2D eigenvalue weighted by Gasteiger charge is -2.13. The summed E-state index contributed by atoms with van der Waals surface area (Å²) in [6.45, 7) is 4.06. The fraction of sp³-hybridized carbons (Fsp3) is 0.625. The van der Waals surface area contributed by atoms with Gasteiger partial charge < -0.3 is 15.5 Å². The van der Waals surface area contributed by atoms with Crippen molar-refractivity contribution >= 4 is 47.2 Å². The normalized spacial score (nSPS) is 10.8. The van der Waals surface area contributed by atoms with Gasteiger partial charge in [0.2, 0.25) is 5.91 Å². The molecule has 23 heavy (non-hydrogen) atoms. The molecule has 0 aliphatic heterocycles. The Hall–Kier alpha value is -0.830. The van der Waals surface area contributed by atoms with E-state index in [0.717, 1.165) is 31.9 Å². The SMILES string of the molecule is CCCCCNC(=NCC(=O)N(C)C)NCCc1cccs1.I. The molecule has 1 amide bonds. The molecular formula is C16H29IN4OS. The third-order valence-corrected chi connectivity index (χ3v) is 4.12. The van der Waals surface area contributed by atoms with Crippen LogP contribution in [0, 0.1) is 0 Å². The molecule has 5 nitrogen and oxygen atoms in total. The Labute approximate surface area is 161 Å². The maximum Gasteiger partial charge on any atom is 0.243 e. The highest BCUT2D eigenvalue weighted by molar-refractivity contribution is 14.0. The standard InChI is InChI=1S/C16H28N4OS.HI/c1-4-5-6-10-17-16(19-13-15(21)20(2)3)18-11-9-14-8-7-12-22-14;/h7-8,12H,4-6,9-11,13H2,1-3H3,(H2,17,18,19);1H. The summed E-state index contributed by atoms with van der Waals surface area (Å²) in [6.07, 6.45) is 4.48. The first-order chi connectivity index (χ1) is 10.6. The lowest BCUT2D eigenvalue weighted by atomic mass is 10.2. The molecule has 0 aromatic carbocycles. The van der Waals surface area contributed by atoms with E-state index in [-0.39, 0.29) is 36.4 Å². The predicted octanol–water partition coefficient (Wildman–Crippen LogP) is 2.72. The zero-order valence-electron chi connectivity index (χ0n) is 14.3. The molecule has 0 aliphatic rings. The Morgan fingerprint density at radius 2 is 2.00 bits per heavy atom. The summed E-state index contributed by atoms with van der Waals surface area (Å²) in [5.74, 6) is 0.732. The van der Waals surface area contributed by atoms with Gasteiger partial charge in [0, 0.05) is 32.1 Å². The van der Waals surface area contributed by atoms with Crippen LogP contribution in [-0.4, -0.2) is 50.5 Å². The number of hydrogen-bond acceptors (Lipinski definition) is 3. The molecule has 0 atom stereocenters. The number of likely N-dealkylation sites (N-methyl/N-ethyl adjacent to an activating group) is 1. The van der Waals surface area contributed by atoms with Crippen molar-refractivity contribution in [2.45, 2.75) is 32.6 Å². The van der Waals surface area contributed by atoms with Crippen LogP contribution in [0.2, 0.25) is 0 Å². The monoisotopic (exact) mass is 452 g/mol. The van der Waals surface area contributed by atoms with Crippen molar-refractivity contribution in [2.24, 2.45) is 4.99 Å². The zero-order valence-corrected chi connectivity index (χ0v) is 17.4. The van der Waals surface area contributed by atoms with Crippen molar-refractivity contribution in [3.8, 4) is 0 Å². The van der Waals surface area contributed by atoms with E-state index in [4.69, 9.17) is 0 Å². The third-order valence-electron chi connectivity index (χ3n) is 3.19. The lowest BCUT2D eigenvalue weighted by molar-refractivity contribution is -0.127. The summed E-state index contributed by atoms with van der Waals surface area (Å²) in [6, 6.07) is 4.20. The van der Waals surface area contributed by atoms with Crippen LogP contribution < -0.4 is 10.6 Å². The minimum absolute atomic E-state index is 0. The molecule has 7 heteroatoms. The van der Waals surface area contributed by atoms with Crippen LogP contribution in [0.4, 0.5) is 0 Å². The van der Waals surface area contributed by atoms with Crippen LogP contribution in [0.25, 0.3) is 0 Å². The smallest absolute Gasteiger partial charge is 0.243 e. The number of rotatable bonds is 9. The number of nitrogens with zero attached hydrogens (tertiary/aromatic N) is 2. The van der Waals surface area contributed by atoms with Crippen LogP contribution >= 0.6 is 35.3 Å². The number of nitrogens with one attached hydrogen (secondary N) is 2. The first kappa shape index (κ1) is 22.2. The van der Waals surface area contributed by atoms with E-state index in [9.17, 15) is 4.79 Å². The van der Waals surface area contributed by atoms with E-state index in [1.54, 1.807) is 30.3 Å². The number of guanidine groups is 1. The van der Waals surface area contributed by atoms with Gasteiger partial charge in [-0.05, 0) is 24.3 Å². The molecule has 1 aromatic rings. The lowest BCUT2D eigenvalue weighted by Crippen LogP contribution is -2.39. The van der Waals surface area contributed by atoms with E-state index in [1.807, 2.05) is 0 Å². The molecule has 0 saturated carbocycles. The molecular weight excluding hydrogens is 423 g/mol. The molecule has 0 radical (unpaired) electrons. The molecule has 1 aromatic heterocycles. The van der Waals surface area contributed by atoms with Gasteiger partial charge >= 0.3 is 0 Å². The van der Waals surface area contributed by atoms with E-state index in [2.05, 4.69) is 40.1 Å². The molecule has 0 spiro atoms. The minimum atomic E-state index is 0. The highest BCUT2D eigenvalue weighted by Gasteiger charge is 2.04. The predicted molar refractivity (Wildman–Crippen MR) is 110 cm³/mol. The first-order valence-corrected chi connectivity index (χ1v) is 8.76. The molecule has 0 bridgehead atoms. The Kier molecular flexibility index (Phi) is 13.1. The van der Waals surface area contributed by atoms with Gasteiger partial charge in [0.1, 0.15) is 6.54 Å². The number of unbranched alkanes of at least 4 members (excludes halogenated alkanes) is 2. The Bertz CT molecular complexity index is 449. The van der Waals surface area contributed by atoms with Crippen LogP contribution in [0.15, 0.2) is 22.5 Å². The first-order valence-electron chi connectivity index (χ1n) is 7.88. The third kappa shape index (κ3) is 10.5. The summed E-state index contributed by atoms with van der Waals surface area (Å²) in [5.41, 5.74) is 0. The van der Waals surface area contributed by atoms with Gasteiger partial charge in [-0.2, -0.15) is 0 Å². The molecule has 0 unspecified atom stereocenters. The summed E-state index contributed by atoms with van der Waals surface area (Å²) in [4.78, 5) is 18.9. The number of amides is 1. The van der Waals surface area contributed by atoms with Crippen LogP contribution in [0.5, 0.6) is 0 Å². The van der Waals surface area contributed by atoms with Crippen molar-refractivity contribution < 1.29 is 4.79 Å². The summed E-state index contributed by atoms with van der Waals surface area (Å²) in [7, 11) is 3.49. The minimum Gasteiger partial charge on any atom is -0.356 e. The number of carbonyl (C=O) groups excluding carboxylic acids is 1. The van der Waals surface area contributed by atoms with E-state index >= 15 is 0 Å². The van der Waals surface area contributed by atoms with Crippen LogP contribution in [0.3, 0.4) is 0 Å². The van der Waals surface area contributed by atoms with Gasteiger partial charge in [0.25, 0.3) is 0 Å². The largest absolute Gasteiger partial charge is 0.356 e. The molecule has 1 rings (SSSR count). The Balaban J connectivity index is 0.00000484. The number of halogens is 1. The molecule has 132 valence electrons. The Morgan fingerprint density at radius 3 is 2.61 bits per heavy atom. The number of thiophene rings is 1.